The molecular formula is C26H24N2O4S. The Kier molecular flexibility index (Phi) is 6.42. The number of allylic oxidation sites excluding steroid dienone is 2. The van der Waals surface area contributed by atoms with E-state index in [1.54, 1.807) is 13.8 Å². The van der Waals surface area contributed by atoms with Crippen molar-refractivity contribution in [1.82, 2.24) is 10.3 Å². The van der Waals surface area contributed by atoms with Crippen LogP contribution in [0.5, 0.6) is 0 Å². The number of ether oxygens (including phenoxy) is 2. The largest absolute Gasteiger partial charge is 0.466 e. The third-order valence-electron chi connectivity index (χ3n) is 5.65. The Balaban J connectivity index is 1.90. The summed E-state index contributed by atoms with van der Waals surface area (Å²) in [5, 5.41) is 5.95. The molecule has 1 aliphatic heterocycles. The molecule has 1 N–H and O–H groups in total. The van der Waals surface area contributed by atoms with Crippen molar-refractivity contribution in [3.8, 4) is 21.8 Å². The lowest BCUT2D eigenvalue weighted by molar-refractivity contribution is -0.137. The van der Waals surface area contributed by atoms with Gasteiger partial charge in [0, 0.05) is 27.9 Å². The minimum Gasteiger partial charge on any atom is -0.466 e. The summed E-state index contributed by atoms with van der Waals surface area (Å²) in [6.45, 7) is 3.60. The standard InChI is InChI=1S/C26H24N2O4S/c1-15-21(25(29)31-3)23(22(16(2)27-15)26(30)32-4)18-12-8-9-13-19(18)24-28-20(14-33-24)17-10-6-5-7-11-17/h5-14,23,27H,1-4H3. The molecule has 0 saturated carbocycles. The Bertz CT molecular complexity index is 1240. The summed E-state index contributed by atoms with van der Waals surface area (Å²) in [6.07, 6.45) is 0. The second kappa shape index (κ2) is 9.42. The van der Waals surface area contributed by atoms with Gasteiger partial charge in [0.2, 0.25) is 0 Å². The summed E-state index contributed by atoms with van der Waals surface area (Å²) >= 11 is 1.52. The Labute approximate surface area is 196 Å². The van der Waals surface area contributed by atoms with E-state index in [1.165, 1.54) is 25.6 Å². The lowest BCUT2D eigenvalue weighted by Crippen LogP contribution is -2.32. The fourth-order valence-electron chi connectivity index (χ4n) is 4.15. The Morgan fingerprint density at radius 3 is 2.06 bits per heavy atom. The van der Waals surface area contributed by atoms with Gasteiger partial charge in [0.15, 0.2) is 0 Å². The average Bonchev–Trinajstić information content (AvgIpc) is 3.33. The first-order chi connectivity index (χ1) is 16.0. The lowest BCUT2D eigenvalue weighted by atomic mass is 9.78. The molecule has 7 heteroatoms. The van der Waals surface area contributed by atoms with Crippen molar-refractivity contribution in [3.63, 3.8) is 0 Å². The predicted molar refractivity (Wildman–Crippen MR) is 128 cm³/mol. The Morgan fingerprint density at radius 2 is 1.45 bits per heavy atom. The smallest absolute Gasteiger partial charge is 0.336 e. The van der Waals surface area contributed by atoms with Gasteiger partial charge in [0.1, 0.15) is 5.01 Å². The van der Waals surface area contributed by atoms with E-state index in [0.29, 0.717) is 22.5 Å². The van der Waals surface area contributed by atoms with Crippen LogP contribution in [0.15, 0.2) is 82.5 Å². The average molecular weight is 461 g/mol. The SMILES string of the molecule is COC(=O)C1=C(C)NC(C)=C(C(=O)OC)C1c1ccccc1-c1nc(-c2ccccc2)cs1. The van der Waals surface area contributed by atoms with Crippen LogP contribution >= 0.6 is 11.3 Å². The molecule has 1 aliphatic rings. The number of hydrogen-bond donors (Lipinski definition) is 1. The van der Waals surface area contributed by atoms with Crippen LogP contribution in [-0.2, 0) is 19.1 Å². The monoisotopic (exact) mass is 460 g/mol. The van der Waals surface area contributed by atoms with E-state index in [0.717, 1.165) is 27.4 Å². The van der Waals surface area contributed by atoms with Crippen LogP contribution in [0.2, 0.25) is 0 Å². The van der Waals surface area contributed by atoms with Crippen molar-refractivity contribution in [2.45, 2.75) is 19.8 Å². The fourth-order valence-corrected chi connectivity index (χ4v) is 5.02. The van der Waals surface area contributed by atoms with E-state index >= 15 is 0 Å². The molecule has 4 rings (SSSR count). The number of aromatic nitrogens is 1. The molecule has 6 nitrogen and oxygen atoms in total. The maximum absolute atomic E-state index is 12.9. The molecule has 3 aromatic rings. The predicted octanol–water partition coefficient (Wildman–Crippen LogP) is 5.06. The molecule has 0 bridgehead atoms. The normalized spacial score (nSPS) is 14.2. The van der Waals surface area contributed by atoms with Crippen LogP contribution in [0, 0.1) is 0 Å². The molecule has 0 unspecified atom stereocenters. The molecule has 0 amide bonds. The molecule has 0 fully saturated rings. The molecule has 168 valence electrons. The molecule has 33 heavy (non-hydrogen) atoms. The summed E-state index contributed by atoms with van der Waals surface area (Å²) in [6, 6.07) is 17.6. The van der Waals surface area contributed by atoms with E-state index in [-0.39, 0.29) is 0 Å². The number of nitrogens with zero attached hydrogens (tertiary/aromatic N) is 1. The summed E-state index contributed by atoms with van der Waals surface area (Å²) in [5.74, 6) is -1.66. The van der Waals surface area contributed by atoms with Crippen molar-refractivity contribution < 1.29 is 19.1 Å². The second-order valence-electron chi connectivity index (χ2n) is 7.61. The van der Waals surface area contributed by atoms with Crippen LogP contribution in [0.25, 0.3) is 21.8 Å². The van der Waals surface area contributed by atoms with Gasteiger partial charge >= 0.3 is 11.9 Å². The van der Waals surface area contributed by atoms with Crippen LogP contribution in [0.3, 0.4) is 0 Å². The zero-order valence-corrected chi connectivity index (χ0v) is 19.7. The first-order valence-electron chi connectivity index (χ1n) is 10.4. The van der Waals surface area contributed by atoms with Gasteiger partial charge in [-0.1, -0.05) is 54.6 Å². The van der Waals surface area contributed by atoms with E-state index < -0.39 is 17.9 Å². The summed E-state index contributed by atoms with van der Waals surface area (Å²) in [4.78, 5) is 30.6. The highest BCUT2D eigenvalue weighted by atomic mass is 32.1. The maximum Gasteiger partial charge on any atom is 0.336 e. The number of rotatable bonds is 5. The molecule has 2 aromatic carbocycles. The zero-order valence-electron chi connectivity index (χ0n) is 18.8. The van der Waals surface area contributed by atoms with Crippen LogP contribution < -0.4 is 5.32 Å². The number of hydrogen-bond acceptors (Lipinski definition) is 7. The highest BCUT2D eigenvalue weighted by Crippen LogP contribution is 2.43. The van der Waals surface area contributed by atoms with Crippen molar-refractivity contribution in [2.75, 3.05) is 14.2 Å². The first kappa shape index (κ1) is 22.5. The lowest BCUT2D eigenvalue weighted by Gasteiger charge is -2.31. The van der Waals surface area contributed by atoms with Crippen molar-refractivity contribution >= 4 is 23.3 Å². The molecule has 0 aliphatic carbocycles. The highest BCUT2D eigenvalue weighted by molar-refractivity contribution is 7.13. The third kappa shape index (κ3) is 4.19. The molecule has 0 atom stereocenters. The first-order valence-corrected chi connectivity index (χ1v) is 11.3. The number of carbonyl (C=O) groups excluding carboxylic acids is 2. The molecule has 0 spiro atoms. The second-order valence-corrected chi connectivity index (χ2v) is 8.47. The number of methoxy groups -OCH3 is 2. The highest BCUT2D eigenvalue weighted by Gasteiger charge is 2.38. The molecule has 0 saturated heterocycles. The van der Waals surface area contributed by atoms with Gasteiger partial charge in [-0.2, -0.15) is 0 Å². The van der Waals surface area contributed by atoms with Gasteiger partial charge in [0.05, 0.1) is 37.0 Å². The third-order valence-corrected chi connectivity index (χ3v) is 6.52. The number of carbonyl (C=O) groups is 2. The Morgan fingerprint density at radius 1 is 0.879 bits per heavy atom. The number of thiazole rings is 1. The van der Waals surface area contributed by atoms with E-state index in [9.17, 15) is 9.59 Å². The van der Waals surface area contributed by atoms with Crippen LogP contribution in [0.1, 0.15) is 25.3 Å². The molecule has 2 heterocycles. The maximum atomic E-state index is 12.9. The topological polar surface area (TPSA) is 77.5 Å². The van der Waals surface area contributed by atoms with Gasteiger partial charge in [-0.3, -0.25) is 0 Å². The number of benzene rings is 2. The van der Waals surface area contributed by atoms with E-state index in [1.807, 2.05) is 60.0 Å². The van der Waals surface area contributed by atoms with Gasteiger partial charge in [-0.05, 0) is 19.4 Å². The minimum atomic E-state index is -0.661. The minimum absolute atomic E-state index is 0.371. The zero-order chi connectivity index (χ0) is 23.5. The quantitative estimate of drug-likeness (QED) is 0.537. The van der Waals surface area contributed by atoms with E-state index in [2.05, 4.69) is 5.32 Å². The Hall–Kier alpha value is -3.71. The molecule has 0 radical (unpaired) electrons. The van der Waals surface area contributed by atoms with Crippen LogP contribution in [0.4, 0.5) is 0 Å². The summed E-state index contributed by atoms with van der Waals surface area (Å²) < 4.78 is 10.2. The van der Waals surface area contributed by atoms with Crippen LogP contribution in [-0.4, -0.2) is 31.1 Å². The summed E-state index contributed by atoms with van der Waals surface area (Å²) in [7, 11) is 2.67. The van der Waals surface area contributed by atoms with Gasteiger partial charge < -0.3 is 14.8 Å². The number of esters is 2. The van der Waals surface area contributed by atoms with Crippen molar-refractivity contribution in [2.24, 2.45) is 0 Å². The van der Waals surface area contributed by atoms with Crippen molar-refractivity contribution in [1.29, 1.82) is 0 Å². The number of nitrogens with one attached hydrogen (secondary N) is 1. The van der Waals surface area contributed by atoms with Gasteiger partial charge in [-0.15, -0.1) is 11.3 Å². The molecule has 1 aromatic heterocycles. The summed E-state index contributed by atoms with van der Waals surface area (Å²) in [5.41, 5.74) is 5.54. The fraction of sp³-hybridized carbons (Fsp3) is 0.192. The van der Waals surface area contributed by atoms with E-state index in [4.69, 9.17) is 14.5 Å². The van der Waals surface area contributed by atoms with Crippen molar-refractivity contribution in [3.05, 3.63) is 88.1 Å². The van der Waals surface area contributed by atoms with Gasteiger partial charge in [0.25, 0.3) is 0 Å². The number of dihydropyridines is 1. The molecular weight excluding hydrogens is 436 g/mol. The van der Waals surface area contributed by atoms with Gasteiger partial charge in [-0.25, -0.2) is 14.6 Å².